The number of aromatic hydroxyl groups is 1. The fourth-order valence-electron chi connectivity index (χ4n) is 1.76. The SMILES string of the molecule is O=C(c1ccc(O)c(Br)c1)C(Br)C(Br)c1ccccc1. The van der Waals surface area contributed by atoms with E-state index < -0.39 is 0 Å². The maximum atomic E-state index is 12.4. The van der Waals surface area contributed by atoms with Crippen LogP contribution >= 0.6 is 47.8 Å². The highest BCUT2D eigenvalue weighted by Gasteiger charge is 2.26. The number of carbonyl (C=O) groups is 1. The van der Waals surface area contributed by atoms with Crippen LogP contribution in [-0.4, -0.2) is 15.7 Å². The van der Waals surface area contributed by atoms with E-state index in [4.69, 9.17) is 0 Å². The summed E-state index contributed by atoms with van der Waals surface area (Å²) in [5.41, 5.74) is 1.57. The van der Waals surface area contributed by atoms with Crippen LogP contribution in [-0.2, 0) is 0 Å². The topological polar surface area (TPSA) is 37.3 Å². The van der Waals surface area contributed by atoms with Crippen LogP contribution in [0, 0.1) is 0 Å². The highest BCUT2D eigenvalue weighted by Crippen LogP contribution is 2.34. The zero-order chi connectivity index (χ0) is 14.7. The van der Waals surface area contributed by atoms with Crippen molar-refractivity contribution in [2.75, 3.05) is 0 Å². The second-order valence-corrected chi connectivity index (χ2v) is 7.07. The number of benzene rings is 2. The Morgan fingerprint density at radius 3 is 2.30 bits per heavy atom. The molecule has 0 bridgehead atoms. The van der Waals surface area contributed by atoms with E-state index in [1.165, 1.54) is 6.07 Å². The van der Waals surface area contributed by atoms with E-state index >= 15 is 0 Å². The first-order valence-electron chi connectivity index (χ1n) is 5.86. The minimum Gasteiger partial charge on any atom is -0.507 e. The van der Waals surface area contributed by atoms with E-state index in [1.807, 2.05) is 30.3 Å². The number of phenols is 1. The van der Waals surface area contributed by atoms with Gasteiger partial charge in [0.05, 0.1) is 14.1 Å². The monoisotopic (exact) mass is 460 g/mol. The molecule has 0 heterocycles. The molecule has 104 valence electrons. The number of hydrogen-bond acceptors (Lipinski definition) is 2. The zero-order valence-corrected chi connectivity index (χ0v) is 15.0. The molecule has 2 atom stereocenters. The predicted molar refractivity (Wildman–Crippen MR) is 91.0 cm³/mol. The molecule has 2 rings (SSSR count). The first-order chi connectivity index (χ1) is 9.50. The lowest BCUT2D eigenvalue weighted by Crippen LogP contribution is -2.19. The quantitative estimate of drug-likeness (QED) is 0.498. The van der Waals surface area contributed by atoms with Gasteiger partial charge >= 0.3 is 0 Å². The number of phenolic OH excluding ortho intramolecular Hbond substituents is 1. The summed E-state index contributed by atoms with van der Waals surface area (Å²) < 4.78 is 0.508. The van der Waals surface area contributed by atoms with Crippen molar-refractivity contribution in [3.8, 4) is 5.75 Å². The molecule has 0 aliphatic rings. The van der Waals surface area contributed by atoms with Crippen LogP contribution in [0.15, 0.2) is 53.0 Å². The van der Waals surface area contributed by atoms with E-state index in [1.54, 1.807) is 12.1 Å². The van der Waals surface area contributed by atoms with Crippen LogP contribution in [0.5, 0.6) is 5.75 Å². The summed E-state index contributed by atoms with van der Waals surface area (Å²) in [6, 6.07) is 14.5. The normalized spacial score (nSPS) is 13.8. The Labute approximate surface area is 142 Å². The average Bonchev–Trinajstić information content (AvgIpc) is 2.48. The highest BCUT2D eigenvalue weighted by atomic mass is 79.9. The maximum absolute atomic E-state index is 12.4. The van der Waals surface area contributed by atoms with Crippen LogP contribution in [0.25, 0.3) is 0 Å². The molecule has 1 N–H and O–H groups in total. The lowest BCUT2D eigenvalue weighted by Gasteiger charge is -2.16. The van der Waals surface area contributed by atoms with Crippen molar-refractivity contribution < 1.29 is 9.90 Å². The molecule has 2 aromatic rings. The van der Waals surface area contributed by atoms with E-state index in [0.29, 0.717) is 10.0 Å². The number of carbonyl (C=O) groups excluding carboxylic acids is 1. The summed E-state index contributed by atoms with van der Waals surface area (Å²) in [5.74, 6) is 0.0718. The summed E-state index contributed by atoms with van der Waals surface area (Å²) in [7, 11) is 0. The molecule has 2 unspecified atom stereocenters. The smallest absolute Gasteiger partial charge is 0.177 e. The van der Waals surface area contributed by atoms with Crippen molar-refractivity contribution in [3.05, 3.63) is 64.1 Å². The van der Waals surface area contributed by atoms with Crippen molar-refractivity contribution in [1.29, 1.82) is 0 Å². The number of rotatable bonds is 4. The Kier molecular flexibility index (Phi) is 5.41. The van der Waals surface area contributed by atoms with Gasteiger partial charge in [-0.2, -0.15) is 0 Å². The van der Waals surface area contributed by atoms with Crippen LogP contribution in [0.4, 0.5) is 0 Å². The van der Waals surface area contributed by atoms with Crippen molar-refractivity contribution in [1.82, 2.24) is 0 Å². The molecule has 0 fully saturated rings. The number of alkyl halides is 2. The van der Waals surface area contributed by atoms with Gasteiger partial charge < -0.3 is 5.11 Å². The van der Waals surface area contributed by atoms with E-state index in [9.17, 15) is 9.90 Å². The number of halogens is 3. The van der Waals surface area contributed by atoms with Gasteiger partial charge in [0.15, 0.2) is 5.78 Å². The zero-order valence-electron chi connectivity index (χ0n) is 10.3. The van der Waals surface area contributed by atoms with Crippen molar-refractivity contribution in [3.63, 3.8) is 0 Å². The largest absolute Gasteiger partial charge is 0.507 e. The fourth-order valence-corrected chi connectivity index (χ4v) is 3.25. The van der Waals surface area contributed by atoms with Gasteiger partial charge in [0.25, 0.3) is 0 Å². The van der Waals surface area contributed by atoms with Gasteiger partial charge in [-0.15, -0.1) is 0 Å². The van der Waals surface area contributed by atoms with Gasteiger partial charge in [-0.05, 0) is 39.7 Å². The standard InChI is InChI=1S/C15H11Br3O2/c16-11-8-10(6-7-12(11)19)15(20)14(18)13(17)9-4-2-1-3-5-9/h1-8,13-14,19H. The van der Waals surface area contributed by atoms with Crippen LogP contribution < -0.4 is 0 Å². The third-order valence-electron chi connectivity index (χ3n) is 2.86. The Morgan fingerprint density at radius 2 is 1.70 bits per heavy atom. The van der Waals surface area contributed by atoms with E-state index in [-0.39, 0.29) is 21.2 Å². The number of Topliss-reactive ketones (excluding diaryl/α,β-unsaturated/α-hetero) is 1. The molecule has 0 radical (unpaired) electrons. The molecule has 5 heteroatoms. The summed E-state index contributed by atoms with van der Waals surface area (Å²) in [6.45, 7) is 0. The third kappa shape index (κ3) is 3.51. The molecule has 0 aliphatic heterocycles. The van der Waals surface area contributed by atoms with Gasteiger partial charge in [-0.1, -0.05) is 62.2 Å². The van der Waals surface area contributed by atoms with Gasteiger partial charge in [-0.3, -0.25) is 4.79 Å². The third-order valence-corrected chi connectivity index (χ3v) is 6.20. The Hall–Kier alpha value is -0.650. The number of hydrogen-bond donors (Lipinski definition) is 1. The molecule has 0 spiro atoms. The van der Waals surface area contributed by atoms with Gasteiger partial charge in [0.2, 0.25) is 0 Å². The molecule has 0 aromatic heterocycles. The van der Waals surface area contributed by atoms with E-state index in [0.717, 1.165) is 5.56 Å². The Morgan fingerprint density at radius 1 is 1.05 bits per heavy atom. The second kappa shape index (κ2) is 6.87. The molecular weight excluding hydrogens is 452 g/mol. The van der Waals surface area contributed by atoms with Gasteiger partial charge in [0.1, 0.15) is 5.75 Å². The van der Waals surface area contributed by atoms with Gasteiger partial charge in [0, 0.05) is 5.56 Å². The fraction of sp³-hybridized carbons (Fsp3) is 0.133. The molecule has 0 saturated carbocycles. The van der Waals surface area contributed by atoms with Crippen LogP contribution in [0.2, 0.25) is 0 Å². The molecule has 2 aromatic carbocycles. The maximum Gasteiger partial charge on any atom is 0.177 e. The summed E-state index contributed by atoms with van der Waals surface area (Å²) in [4.78, 5) is 11.9. The molecule has 20 heavy (non-hydrogen) atoms. The van der Waals surface area contributed by atoms with Crippen LogP contribution in [0.1, 0.15) is 20.7 Å². The Balaban J connectivity index is 2.22. The summed E-state index contributed by atoms with van der Waals surface area (Å²) in [5, 5.41) is 9.47. The van der Waals surface area contributed by atoms with Crippen molar-refractivity contribution in [2.24, 2.45) is 0 Å². The first-order valence-corrected chi connectivity index (χ1v) is 8.49. The minimum atomic E-state index is -0.388. The molecule has 0 aliphatic carbocycles. The van der Waals surface area contributed by atoms with Crippen LogP contribution in [0.3, 0.4) is 0 Å². The highest BCUT2D eigenvalue weighted by molar-refractivity contribution is 9.12. The van der Waals surface area contributed by atoms with Crippen molar-refractivity contribution in [2.45, 2.75) is 9.65 Å². The molecule has 2 nitrogen and oxygen atoms in total. The summed E-state index contributed by atoms with van der Waals surface area (Å²) >= 11 is 10.2. The van der Waals surface area contributed by atoms with Gasteiger partial charge in [-0.25, -0.2) is 0 Å². The molecule has 0 saturated heterocycles. The minimum absolute atomic E-state index is 0.0450. The second-order valence-electron chi connectivity index (χ2n) is 4.24. The predicted octanol–water partition coefficient (Wildman–Crippen LogP) is 5.24. The van der Waals surface area contributed by atoms with Crippen molar-refractivity contribution >= 4 is 53.6 Å². The number of ketones is 1. The molecular formula is C15H11Br3O2. The Bertz CT molecular complexity index is 614. The lowest BCUT2D eigenvalue weighted by molar-refractivity contribution is 0.0991. The summed E-state index contributed by atoms with van der Waals surface area (Å²) in [6.07, 6.45) is 0. The first kappa shape index (κ1) is 15.7. The van der Waals surface area contributed by atoms with E-state index in [2.05, 4.69) is 47.8 Å². The average molecular weight is 463 g/mol. The lowest BCUT2D eigenvalue weighted by atomic mass is 10.0. The molecule has 0 amide bonds.